The first-order chi connectivity index (χ1) is 8.65. The lowest BCUT2D eigenvalue weighted by Crippen LogP contribution is -2.19. The molecule has 0 amide bonds. The van der Waals surface area contributed by atoms with Crippen LogP contribution in [0.3, 0.4) is 0 Å². The first kappa shape index (κ1) is 12.4. The molecule has 7 heteroatoms. The Bertz CT molecular complexity index is 512. The van der Waals surface area contributed by atoms with E-state index in [2.05, 4.69) is 26.7 Å². The van der Waals surface area contributed by atoms with Crippen molar-refractivity contribution in [2.24, 2.45) is 0 Å². The SMILES string of the molecule is CC(Cc1ccsc1)Nc1ncc([N+](=O)[O-])cn1. The van der Waals surface area contributed by atoms with Crippen LogP contribution in [0.5, 0.6) is 0 Å². The average Bonchev–Trinajstić information content (AvgIpc) is 2.82. The molecule has 0 saturated heterocycles. The molecule has 0 aliphatic carbocycles. The second kappa shape index (κ2) is 5.54. The van der Waals surface area contributed by atoms with Crippen LogP contribution in [0.15, 0.2) is 29.2 Å². The van der Waals surface area contributed by atoms with Crippen molar-refractivity contribution in [1.29, 1.82) is 0 Å². The number of hydrogen-bond acceptors (Lipinski definition) is 6. The van der Waals surface area contributed by atoms with Crippen LogP contribution in [0, 0.1) is 10.1 Å². The predicted octanol–water partition coefficient (Wildman–Crippen LogP) is 2.49. The first-order valence-electron chi connectivity index (χ1n) is 5.39. The van der Waals surface area contributed by atoms with Gasteiger partial charge in [0.2, 0.25) is 5.95 Å². The minimum Gasteiger partial charge on any atom is -0.351 e. The molecule has 0 radical (unpaired) electrons. The highest BCUT2D eigenvalue weighted by Gasteiger charge is 2.09. The number of anilines is 1. The summed E-state index contributed by atoms with van der Waals surface area (Å²) in [7, 11) is 0. The zero-order valence-corrected chi connectivity index (χ0v) is 10.6. The van der Waals surface area contributed by atoms with E-state index in [0.29, 0.717) is 5.95 Å². The summed E-state index contributed by atoms with van der Waals surface area (Å²) < 4.78 is 0. The molecule has 1 atom stereocenters. The number of nitrogens with one attached hydrogen (secondary N) is 1. The molecule has 0 aliphatic rings. The number of nitro groups is 1. The molecule has 0 saturated carbocycles. The summed E-state index contributed by atoms with van der Waals surface area (Å²) in [5.74, 6) is 0.406. The lowest BCUT2D eigenvalue weighted by Gasteiger charge is -2.12. The van der Waals surface area contributed by atoms with Gasteiger partial charge in [0.15, 0.2) is 0 Å². The van der Waals surface area contributed by atoms with E-state index in [1.807, 2.05) is 12.3 Å². The molecule has 0 aliphatic heterocycles. The number of rotatable bonds is 5. The third-order valence-electron chi connectivity index (χ3n) is 2.35. The van der Waals surface area contributed by atoms with Gasteiger partial charge in [0.25, 0.3) is 0 Å². The second-order valence-corrected chi connectivity index (χ2v) is 4.68. The van der Waals surface area contributed by atoms with Crippen LogP contribution in [0.1, 0.15) is 12.5 Å². The predicted molar refractivity (Wildman–Crippen MR) is 69.8 cm³/mol. The Labute approximate surface area is 108 Å². The van der Waals surface area contributed by atoms with E-state index >= 15 is 0 Å². The normalized spacial score (nSPS) is 12.1. The van der Waals surface area contributed by atoms with Gasteiger partial charge in [0.05, 0.1) is 4.92 Å². The summed E-state index contributed by atoms with van der Waals surface area (Å²) in [5, 5.41) is 17.7. The largest absolute Gasteiger partial charge is 0.351 e. The molecule has 2 aromatic heterocycles. The van der Waals surface area contributed by atoms with Crippen LogP contribution in [0.4, 0.5) is 11.6 Å². The molecule has 0 bridgehead atoms. The molecular formula is C11H12N4O2S. The second-order valence-electron chi connectivity index (χ2n) is 3.90. The monoisotopic (exact) mass is 264 g/mol. The van der Waals surface area contributed by atoms with E-state index in [1.54, 1.807) is 11.3 Å². The Morgan fingerprint density at radius 3 is 2.78 bits per heavy atom. The van der Waals surface area contributed by atoms with Crippen molar-refractivity contribution in [3.05, 3.63) is 44.9 Å². The summed E-state index contributed by atoms with van der Waals surface area (Å²) in [6.45, 7) is 2.02. The fourth-order valence-electron chi connectivity index (χ4n) is 1.52. The average molecular weight is 264 g/mol. The highest BCUT2D eigenvalue weighted by atomic mass is 32.1. The van der Waals surface area contributed by atoms with Crippen molar-refractivity contribution in [2.45, 2.75) is 19.4 Å². The van der Waals surface area contributed by atoms with Gasteiger partial charge < -0.3 is 5.32 Å². The van der Waals surface area contributed by atoms with Gasteiger partial charge >= 0.3 is 5.69 Å². The van der Waals surface area contributed by atoms with E-state index < -0.39 is 4.92 Å². The van der Waals surface area contributed by atoms with Gasteiger partial charge in [-0.25, -0.2) is 9.97 Å². The molecule has 18 heavy (non-hydrogen) atoms. The van der Waals surface area contributed by atoms with Crippen molar-refractivity contribution >= 4 is 23.0 Å². The Morgan fingerprint density at radius 1 is 1.50 bits per heavy atom. The van der Waals surface area contributed by atoms with E-state index in [9.17, 15) is 10.1 Å². The van der Waals surface area contributed by atoms with Crippen molar-refractivity contribution in [3.63, 3.8) is 0 Å². The smallest absolute Gasteiger partial charge is 0.305 e. The lowest BCUT2D eigenvalue weighted by molar-refractivity contribution is -0.385. The summed E-state index contributed by atoms with van der Waals surface area (Å²) in [5.41, 5.74) is 1.15. The maximum atomic E-state index is 10.5. The number of thiophene rings is 1. The Kier molecular flexibility index (Phi) is 3.83. The molecule has 1 N–H and O–H groups in total. The van der Waals surface area contributed by atoms with Gasteiger partial charge in [-0.3, -0.25) is 10.1 Å². The highest BCUT2D eigenvalue weighted by molar-refractivity contribution is 7.07. The van der Waals surface area contributed by atoms with Crippen LogP contribution in [-0.2, 0) is 6.42 Å². The lowest BCUT2D eigenvalue weighted by atomic mass is 10.1. The number of nitrogens with zero attached hydrogens (tertiary/aromatic N) is 3. The minimum atomic E-state index is -0.515. The third kappa shape index (κ3) is 3.24. The number of hydrogen-bond donors (Lipinski definition) is 1. The van der Waals surface area contributed by atoms with Gasteiger partial charge in [0, 0.05) is 6.04 Å². The van der Waals surface area contributed by atoms with Crippen LogP contribution < -0.4 is 5.32 Å². The molecule has 0 fully saturated rings. The quantitative estimate of drug-likeness (QED) is 0.662. The van der Waals surface area contributed by atoms with E-state index in [-0.39, 0.29) is 11.7 Å². The van der Waals surface area contributed by atoms with Crippen molar-refractivity contribution < 1.29 is 4.92 Å². The van der Waals surface area contributed by atoms with Gasteiger partial charge in [-0.1, -0.05) is 0 Å². The van der Waals surface area contributed by atoms with Gasteiger partial charge in [-0.05, 0) is 35.7 Å². The van der Waals surface area contributed by atoms with E-state index in [1.165, 1.54) is 18.0 Å². The minimum absolute atomic E-state index is 0.106. The molecule has 2 rings (SSSR count). The summed E-state index contributed by atoms with van der Waals surface area (Å²) in [6.07, 6.45) is 3.27. The van der Waals surface area contributed by atoms with Crippen LogP contribution in [0.2, 0.25) is 0 Å². The zero-order chi connectivity index (χ0) is 13.0. The summed E-state index contributed by atoms with van der Waals surface area (Å²) >= 11 is 1.66. The van der Waals surface area contributed by atoms with E-state index in [0.717, 1.165) is 6.42 Å². The molecule has 6 nitrogen and oxygen atoms in total. The maximum Gasteiger partial charge on any atom is 0.305 e. The standard InChI is InChI=1S/C11H12N4O2S/c1-8(4-9-2-3-18-7-9)14-11-12-5-10(6-13-11)15(16)17/h2-3,5-8H,4H2,1H3,(H,12,13,14). The Hall–Kier alpha value is -2.02. The third-order valence-corrected chi connectivity index (χ3v) is 3.08. The molecule has 2 heterocycles. The van der Waals surface area contributed by atoms with Crippen LogP contribution >= 0.6 is 11.3 Å². The fraction of sp³-hybridized carbons (Fsp3) is 0.273. The molecule has 94 valence electrons. The molecule has 0 spiro atoms. The van der Waals surface area contributed by atoms with Crippen molar-refractivity contribution in [2.75, 3.05) is 5.32 Å². The van der Waals surface area contributed by atoms with Gasteiger partial charge in [0.1, 0.15) is 12.4 Å². The molecule has 0 aromatic carbocycles. The van der Waals surface area contributed by atoms with Crippen molar-refractivity contribution in [1.82, 2.24) is 9.97 Å². The van der Waals surface area contributed by atoms with Crippen LogP contribution in [-0.4, -0.2) is 20.9 Å². The maximum absolute atomic E-state index is 10.5. The van der Waals surface area contributed by atoms with E-state index in [4.69, 9.17) is 0 Å². The highest BCUT2D eigenvalue weighted by Crippen LogP contribution is 2.12. The Balaban J connectivity index is 1.94. The molecule has 1 unspecified atom stereocenters. The van der Waals surface area contributed by atoms with Crippen molar-refractivity contribution in [3.8, 4) is 0 Å². The topological polar surface area (TPSA) is 81.0 Å². The van der Waals surface area contributed by atoms with Gasteiger partial charge in [-0.15, -0.1) is 0 Å². The molecular weight excluding hydrogens is 252 g/mol. The fourth-order valence-corrected chi connectivity index (χ4v) is 2.21. The summed E-state index contributed by atoms with van der Waals surface area (Å²) in [6, 6.07) is 2.24. The zero-order valence-electron chi connectivity index (χ0n) is 9.74. The Morgan fingerprint density at radius 2 is 2.22 bits per heavy atom. The number of aromatic nitrogens is 2. The van der Waals surface area contributed by atoms with Gasteiger partial charge in [-0.2, -0.15) is 11.3 Å². The van der Waals surface area contributed by atoms with Crippen LogP contribution in [0.25, 0.3) is 0 Å². The first-order valence-corrected chi connectivity index (χ1v) is 6.33. The summed E-state index contributed by atoms with van der Waals surface area (Å²) in [4.78, 5) is 17.8. The molecule has 2 aromatic rings.